The third-order valence-electron chi connectivity index (χ3n) is 2.50. The SMILES string of the molecule is C=CCNC(=NC)Nc1cccc(OCCCOC)c1.I. The smallest absolute Gasteiger partial charge is 0.195 e. The number of ether oxygens (including phenoxy) is 2. The van der Waals surface area contributed by atoms with Gasteiger partial charge in [0.15, 0.2) is 5.96 Å². The van der Waals surface area contributed by atoms with Crippen molar-refractivity contribution >= 4 is 35.6 Å². The molecule has 0 aliphatic heterocycles. The number of guanidine groups is 1. The van der Waals surface area contributed by atoms with Crippen molar-refractivity contribution in [2.24, 2.45) is 4.99 Å². The lowest BCUT2D eigenvalue weighted by atomic mass is 10.3. The van der Waals surface area contributed by atoms with E-state index < -0.39 is 0 Å². The summed E-state index contributed by atoms with van der Waals surface area (Å²) in [5, 5.41) is 6.30. The topological polar surface area (TPSA) is 54.9 Å². The van der Waals surface area contributed by atoms with Gasteiger partial charge in [0.05, 0.1) is 6.61 Å². The van der Waals surface area contributed by atoms with E-state index in [1.54, 1.807) is 20.2 Å². The molecule has 0 atom stereocenters. The Balaban J connectivity index is 0.00000400. The van der Waals surface area contributed by atoms with Crippen LogP contribution in [0.3, 0.4) is 0 Å². The number of benzene rings is 1. The van der Waals surface area contributed by atoms with Crippen molar-refractivity contribution in [1.82, 2.24) is 5.32 Å². The lowest BCUT2D eigenvalue weighted by Crippen LogP contribution is -2.30. The molecule has 0 heterocycles. The number of hydrogen-bond acceptors (Lipinski definition) is 3. The maximum atomic E-state index is 5.65. The van der Waals surface area contributed by atoms with Crippen LogP contribution in [0.25, 0.3) is 0 Å². The molecule has 0 aromatic heterocycles. The van der Waals surface area contributed by atoms with Crippen molar-refractivity contribution in [1.29, 1.82) is 0 Å². The normalized spacial score (nSPS) is 10.5. The first kappa shape index (κ1) is 19.7. The van der Waals surface area contributed by atoms with Crippen LogP contribution >= 0.6 is 24.0 Å². The van der Waals surface area contributed by atoms with Gasteiger partial charge in [0.1, 0.15) is 5.75 Å². The molecular formula is C15H24IN3O2. The van der Waals surface area contributed by atoms with E-state index in [9.17, 15) is 0 Å². The molecule has 0 aliphatic carbocycles. The van der Waals surface area contributed by atoms with Crippen LogP contribution in [0.1, 0.15) is 6.42 Å². The number of halogens is 1. The van der Waals surface area contributed by atoms with Gasteiger partial charge in [-0.2, -0.15) is 0 Å². The highest BCUT2D eigenvalue weighted by Crippen LogP contribution is 2.17. The molecule has 1 aromatic carbocycles. The molecule has 0 amide bonds. The van der Waals surface area contributed by atoms with Gasteiger partial charge in [0.2, 0.25) is 0 Å². The fourth-order valence-corrected chi connectivity index (χ4v) is 1.54. The molecule has 0 spiro atoms. The molecule has 0 unspecified atom stereocenters. The van der Waals surface area contributed by atoms with E-state index in [4.69, 9.17) is 9.47 Å². The summed E-state index contributed by atoms with van der Waals surface area (Å²) >= 11 is 0. The Kier molecular flexibility index (Phi) is 11.7. The minimum Gasteiger partial charge on any atom is -0.493 e. The van der Waals surface area contributed by atoms with Crippen molar-refractivity contribution in [3.8, 4) is 5.75 Å². The molecule has 1 aromatic rings. The summed E-state index contributed by atoms with van der Waals surface area (Å²) in [6.07, 6.45) is 2.65. The van der Waals surface area contributed by atoms with Gasteiger partial charge in [-0.05, 0) is 12.1 Å². The average Bonchev–Trinajstić information content (AvgIpc) is 2.48. The number of rotatable bonds is 8. The summed E-state index contributed by atoms with van der Waals surface area (Å²) in [5.41, 5.74) is 0.923. The summed E-state index contributed by atoms with van der Waals surface area (Å²) in [5.74, 6) is 1.52. The van der Waals surface area contributed by atoms with Crippen LogP contribution < -0.4 is 15.4 Å². The van der Waals surface area contributed by atoms with E-state index in [0.29, 0.717) is 25.7 Å². The second kappa shape index (κ2) is 12.5. The molecule has 6 heteroatoms. The maximum absolute atomic E-state index is 5.65. The van der Waals surface area contributed by atoms with Crippen LogP contribution in [-0.4, -0.2) is 39.9 Å². The first-order chi connectivity index (χ1) is 9.80. The lowest BCUT2D eigenvalue weighted by molar-refractivity contribution is 0.172. The average molecular weight is 405 g/mol. The second-order valence-corrected chi connectivity index (χ2v) is 4.09. The van der Waals surface area contributed by atoms with Gasteiger partial charge in [0, 0.05) is 45.5 Å². The Hall–Kier alpha value is -1.28. The van der Waals surface area contributed by atoms with E-state index >= 15 is 0 Å². The zero-order valence-corrected chi connectivity index (χ0v) is 14.9. The van der Waals surface area contributed by atoms with Gasteiger partial charge in [-0.25, -0.2) is 0 Å². The van der Waals surface area contributed by atoms with Crippen LogP contribution in [-0.2, 0) is 4.74 Å². The Morgan fingerprint density at radius 1 is 1.38 bits per heavy atom. The molecule has 118 valence electrons. The van der Waals surface area contributed by atoms with Crippen LogP contribution in [0.2, 0.25) is 0 Å². The van der Waals surface area contributed by atoms with Gasteiger partial charge < -0.3 is 20.1 Å². The van der Waals surface area contributed by atoms with E-state index in [-0.39, 0.29) is 24.0 Å². The van der Waals surface area contributed by atoms with E-state index in [1.807, 2.05) is 24.3 Å². The Labute approximate surface area is 143 Å². The van der Waals surface area contributed by atoms with Gasteiger partial charge in [-0.1, -0.05) is 12.1 Å². The van der Waals surface area contributed by atoms with Crippen molar-refractivity contribution in [3.05, 3.63) is 36.9 Å². The van der Waals surface area contributed by atoms with Gasteiger partial charge in [-0.15, -0.1) is 30.6 Å². The highest BCUT2D eigenvalue weighted by atomic mass is 127. The van der Waals surface area contributed by atoms with Crippen LogP contribution in [0.5, 0.6) is 5.75 Å². The molecule has 0 radical (unpaired) electrons. The zero-order chi connectivity index (χ0) is 14.6. The minimum absolute atomic E-state index is 0. The molecule has 2 N–H and O–H groups in total. The summed E-state index contributed by atoms with van der Waals surface area (Å²) in [6.45, 7) is 5.67. The van der Waals surface area contributed by atoms with E-state index in [0.717, 1.165) is 17.9 Å². The molecule has 0 aliphatic rings. The fraction of sp³-hybridized carbons (Fsp3) is 0.400. The van der Waals surface area contributed by atoms with Gasteiger partial charge in [-0.3, -0.25) is 4.99 Å². The van der Waals surface area contributed by atoms with E-state index in [1.165, 1.54) is 0 Å². The number of anilines is 1. The predicted molar refractivity (Wildman–Crippen MR) is 99.0 cm³/mol. The highest BCUT2D eigenvalue weighted by Gasteiger charge is 2.00. The third kappa shape index (κ3) is 8.56. The quantitative estimate of drug-likeness (QED) is 0.230. The lowest BCUT2D eigenvalue weighted by Gasteiger charge is -2.12. The number of aliphatic imine (C=N–C) groups is 1. The zero-order valence-electron chi connectivity index (χ0n) is 12.6. The number of nitrogens with one attached hydrogen (secondary N) is 2. The fourth-order valence-electron chi connectivity index (χ4n) is 1.54. The van der Waals surface area contributed by atoms with Crippen molar-refractivity contribution in [3.63, 3.8) is 0 Å². The maximum Gasteiger partial charge on any atom is 0.195 e. The number of nitrogens with zero attached hydrogens (tertiary/aromatic N) is 1. The van der Waals surface area contributed by atoms with E-state index in [2.05, 4.69) is 22.2 Å². The summed E-state index contributed by atoms with van der Waals surface area (Å²) < 4.78 is 10.6. The van der Waals surface area contributed by atoms with Gasteiger partial charge in [0.25, 0.3) is 0 Å². The Morgan fingerprint density at radius 2 is 2.19 bits per heavy atom. The second-order valence-electron chi connectivity index (χ2n) is 4.09. The molecular weight excluding hydrogens is 381 g/mol. The predicted octanol–water partition coefficient (Wildman–Crippen LogP) is 2.89. The molecule has 0 fully saturated rings. The standard InChI is InChI=1S/C15H23N3O2.HI/c1-4-9-17-15(16-2)18-13-7-5-8-14(12-13)20-11-6-10-19-3;/h4-5,7-8,12H,1,6,9-11H2,2-3H3,(H2,16,17,18);1H. The number of methoxy groups -OCH3 is 1. The van der Waals surface area contributed by atoms with Crippen LogP contribution in [0.4, 0.5) is 5.69 Å². The van der Waals surface area contributed by atoms with Gasteiger partial charge >= 0.3 is 0 Å². The molecule has 0 saturated heterocycles. The monoisotopic (exact) mass is 405 g/mol. The number of hydrogen-bond donors (Lipinski definition) is 2. The molecule has 0 bridgehead atoms. The van der Waals surface area contributed by atoms with Crippen molar-refractivity contribution in [2.45, 2.75) is 6.42 Å². The Bertz CT molecular complexity index is 439. The molecule has 0 saturated carbocycles. The van der Waals surface area contributed by atoms with Crippen LogP contribution in [0, 0.1) is 0 Å². The molecule has 1 rings (SSSR count). The summed E-state index contributed by atoms with van der Waals surface area (Å²) in [6, 6.07) is 7.77. The highest BCUT2D eigenvalue weighted by molar-refractivity contribution is 14.0. The summed E-state index contributed by atoms with van der Waals surface area (Å²) in [7, 11) is 3.41. The summed E-state index contributed by atoms with van der Waals surface area (Å²) in [4.78, 5) is 4.13. The molecule has 21 heavy (non-hydrogen) atoms. The first-order valence-corrected chi connectivity index (χ1v) is 6.60. The third-order valence-corrected chi connectivity index (χ3v) is 2.50. The minimum atomic E-state index is 0. The van der Waals surface area contributed by atoms with Crippen LogP contribution in [0.15, 0.2) is 41.9 Å². The largest absolute Gasteiger partial charge is 0.493 e. The first-order valence-electron chi connectivity index (χ1n) is 6.60. The van der Waals surface area contributed by atoms with Crippen molar-refractivity contribution < 1.29 is 9.47 Å². The Morgan fingerprint density at radius 3 is 2.86 bits per heavy atom. The van der Waals surface area contributed by atoms with Crippen molar-refractivity contribution in [2.75, 3.05) is 39.2 Å². The molecule has 5 nitrogen and oxygen atoms in total.